The lowest BCUT2D eigenvalue weighted by atomic mass is 10.2. The molecule has 0 heterocycles. The van der Waals surface area contributed by atoms with Gasteiger partial charge in [0.05, 0.1) is 0 Å². The molecule has 0 aromatic rings. The van der Waals surface area contributed by atoms with Crippen LogP contribution in [0.15, 0.2) is 48.6 Å². The number of allylic oxidation sites excluding steroid dienone is 8. The fraction of sp³-hybridized carbons (Fsp3) is 0.550. The summed E-state index contributed by atoms with van der Waals surface area (Å²) < 4.78 is 0. The number of rotatable bonds is 14. The van der Waals surface area contributed by atoms with Crippen LogP contribution >= 0.6 is 0 Å². The number of hydrogen-bond acceptors (Lipinski definition) is 1. The molecule has 0 aliphatic heterocycles. The minimum absolute atomic E-state index is 0.281. The summed E-state index contributed by atoms with van der Waals surface area (Å²) in [6.07, 6.45) is 27.3. The Balaban J connectivity index is 3.40. The standard InChI is InChI=1S/C20H32O2/c1-2-3-4-5-6-7-8-9-10-11-12-13-14-15-16-17-18-19-20(21)22/h6-9,12-15H,2-5,10-11,16-19H2,1H3,(H,21,22)/b7-6+,9-8+,13-12+,15-14+. The average Bonchev–Trinajstić information content (AvgIpc) is 2.50. The van der Waals surface area contributed by atoms with Crippen LogP contribution in [0.5, 0.6) is 0 Å². The minimum atomic E-state index is -0.701. The molecule has 0 rings (SSSR count). The highest BCUT2D eigenvalue weighted by Crippen LogP contribution is 2.02. The van der Waals surface area contributed by atoms with Gasteiger partial charge in [-0.1, -0.05) is 68.4 Å². The zero-order valence-corrected chi connectivity index (χ0v) is 14.0. The van der Waals surface area contributed by atoms with Crippen molar-refractivity contribution >= 4 is 5.97 Å². The summed E-state index contributed by atoms with van der Waals surface area (Å²) in [6, 6.07) is 0. The predicted octanol–water partition coefficient (Wildman–Crippen LogP) is 6.22. The van der Waals surface area contributed by atoms with Gasteiger partial charge in [-0.15, -0.1) is 0 Å². The Morgan fingerprint density at radius 1 is 0.727 bits per heavy atom. The fourth-order valence-electron chi connectivity index (χ4n) is 1.94. The third-order valence-electron chi connectivity index (χ3n) is 3.25. The van der Waals surface area contributed by atoms with Crippen LogP contribution in [0, 0.1) is 0 Å². The molecule has 0 bridgehead atoms. The van der Waals surface area contributed by atoms with E-state index >= 15 is 0 Å². The quantitative estimate of drug-likeness (QED) is 0.305. The van der Waals surface area contributed by atoms with Gasteiger partial charge in [-0.2, -0.15) is 0 Å². The zero-order chi connectivity index (χ0) is 16.3. The van der Waals surface area contributed by atoms with Crippen molar-refractivity contribution in [2.24, 2.45) is 0 Å². The molecule has 2 nitrogen and oxygen atoms in total. The van der Waals surface area contributed by atoms with Crippen molar-refractivity contribution < 1.29 is 9.90 Å². The molecule has 0 aromatic carbocycles. The molecule has 0 fully saturated rings. The molecule has 0 saturated carbocycles. The lowest BCUT2D eigenvalue weighted by Gasteiger charge is -1.92. The zero-order valence-electron chi connectivity index (χ0n) is 14.0. The first-order chi connectivity index (χ1) is 10.8. The minimum Gasteiger partial charge on any atom is -0.481 e. The molecule has 0 amide bonds. The fourth-order valence-corrected chi connectivity index (χ4v) is 1.94. The molecule has 22 heavy (non-hydrogen) atoms. The molecule has 0 aliphatic carbocycles. The van der Waals surface area contributed by atoms with E-state index in [1.54, 1.807) is 0 Å². The number of carboxylic acid groups (broad SMARTS) is 1. The molecule has 0 atom stereocenters. The van der Waals surface area contributed by atoms with Gasteiger partial charge in [0, 0.05) is 6.42 Å². The van der Waals surface area contributed by atoms with Crippen LogP contribution in [0.1, 0.15) is 71.1 Å². The van der Waals surface area contributed by atoms with Gasteiger partial charge in [0.2, 0.25) is 0 Å². The van der Waals surface area contributed by atoms with Crippen molar-refractivity contribution in [3.05, 3.63) is 48.6 Å². The van der Waals surface area contributed by atoms with E-state index < -0.39 is 5.97 Å². The van der Waals surface area contributed by atoms with Crippen LogP contribution in [0.3, 0.4) is 0 Å². The van der Waals surface area contributed by atoms with Gasteiger partial charge >= 0.3 is 5.97 Å². The number of carboxylic acids is 1. The van der Waals surface area contributed by atoms with Crippen molar-refractivity contribution in [2.75, 3.05) is 0 Å². The Labute approximate surface area is 136 Å². The smallest absolute Gasteiger partial charge is 0.303 e. The van der Waals surface area contributed by atoms with Gasteiger partial charge in [-0.3, -0.25) is 4.79 Å². The lowest BCUT2D eigenvalue weighted by molar-refractivity contribution is -0.137. The first kappa shape index (κ1) is 20.4. The molecule has 0 aliphatic rings. The summed E-state index contributed by atoms with van der Waals surface area (Å²) in [4.78, 5) is 10.3. The summed E-state index contributed by atoms with van der Waals surface area (Å²) in [7, 11) is 0. The highest BCUT2D eigenvalue weighted by molar-refractivity contribution is 5.66. The van der Waals surface area contributed by atoms with E-state index in [1.165, 1.54) is 25.7 Å². The topological polar surface area (TPSA) is 37.3 Å². The second-order valence-corrected chi connectivity index (χ2v) is 5.43. The van der Waals surface area contributed by atoms with E-state index in [1.807, 2.05) is 0 Å². The molecule has 0 radical (unpaired) electrons. The van der Waals surface area contributed by atoms with Crippen molar-refractivity contribution in [2.45, 2.75) is 71.1 Å². The van der Waals surface area contributed by atoms with E-state index in [0.29, 0.717) is 0 Å². The molecular formula is C20H32O2. The summed E-state index contributed by atoms with van der Waals surface area (Å²) in [5.41, 5.74) is 0. The third kappa shape index (κ3) is 18.4. The predicted molar refractivity (Wildman–Crippen MR) is 96.0 cm³/mol. The Hall–Kier alpha value is -1.57. The second-order valence-electron chi connectivity index (χ2n) is 5.43. The molecule has 124 valence electrons. The summed E-state index contributed by atoms with van der Waals surface area (Å²) in [5, 5.41) is 8.50. The second kappa shape index (κ2) is 17.5. The SMILES string of the molecule is CCCCC/C=C/C=C/CC/C=C/C=C/CCCCC(=O)O. The highest BCUT2D eigenvalue weighted by Gasteiger charge is 1.93. The van der Waals surface area contributed by atoms with Crippen LogP contribution in [0.25, 0.3) is 0 Å². The van der Waals surface area contributed by atoms with Crippen molar-refractivity contribution in [1.82, 2.24) is 0 Å². The molecule has 0 saturated heterocycles. The largest absolute Gasteiger partial charge is 0.481 e. The van der Waals surface area contributed by atoms with E-state index in [4.69, 9.17) is 5.11 Å². The van der Waals surface area contributed by atoms with Crippen LogP contribution in [0.4, 0.5) is 0 Å². The van der Waals surface area contributed by atoms with Crippen LogP contribution < -0.4 is 0 Å². The number of aliphatic carboxylic acids is 1. The van der Waals surface area contributed by atoms with E-state index in [2.05, 4.69) is 55.5 Å². The lowest BCUT2D eigenvalue weighted by Crippen LogP contribution is -1.92. The Bertz CT molecular complexity index is 362. The highest BCUT2D eigenvalue weighted by atomic mass is 16.4. The average molecular weight is 304 g/mol. The molecule has 1 N–H and O–H groups in total. The van der Waals surface area contributed by atoms with E-state index in [9.17, 15) is 4.79 Å². The normalized spacial score (nSPS) is 12.4. The van der Waals surface area contributed by atoms with Crippen LogP contribution in [-0.2, 0) is 4.79 Å². The van der Waals surface area contributed by atoms with Crippen LogP contribution in [0.2, 0.25) is 0 Å². The van der Waals surface area contributed by atoms with E-state index in [0.717, 1.165) is 32.1 Å². The van der Waals surface area contributed by atoms with Gasteiger partial charge in [0.25, 0.3) is 0 Å². The number of hydrogen-bond donors (Lipinski definition) is 1. The number of carbonyl (C=O) groups is 1. The summed E-state index contributed by atoms with van der Waals surface area (Å²) in [5.74, 6) is -0.701. The maximum atomic E-state index is 10.3. The molecule has 0 unspecified atom stereocenters. The first-order valence-corrected chi connectivity index (χ1v) is 8.62. The maximum absolute atomic E-state index is 10.3. The monoisotopic (exact) mass is 304 g/mol. The first-order valence-electron chi connectivity index (χ1n) is 8.62. The molecule has 0 spiro atoms. The number of unbranched alkanes of at least 4 members (excludes halogenated alkanes) is 6. The van der Waals surface area contributed by atoms with Gasteiger partial charge in [-0.25, -0.2) is 0 Å². The molecule has 2 heteroatoms. The third-order valence-corrected chi connectivity index (χ3v) is 3.25. The van der Waals surface area contributed by atoms with Crippen LogP contribution in [-0.4, -0.2) is 11.1 Å². The van der Waals surface area contributed by atoms with Gasteiger partial charge in [-0.05, 0) is 44.9 Å². The van der Waals surface area contributed by atoms with Gasteiger partial charge in [0.15, 0.2) is 0 Å². The maximum Gasteiger partial charge on any atom is 0.303 e. The summed E-state index contributed by atoms with van der Waals surface area (Å²) >= 11 is 0. The Morgan fingerprint density at radius 2 is 1.18 bits per heavy atom. The van der Waals surface area contributed by atoms with E-state index in [-0.39, 0.29) is 6.42 Å². The van der Waals surface area contributed by atoms with Gasteiger partial charge < -0.3 is 5.11 Å². The summed E-state index contributed by atoms with van der Waals surface area (Å²) in [6.45, 7) is 2.23. The van der Waals surface area contributed by atoms with Gasteiger partial charge in [0.1, 0.15) is 0 Å². The van der Waals surface area contributed by atoms with Crippen molar-refractivity contribution in [3.8, 4) is 0 Å². The Kier molecular flexibility index (Phi) is 16.2. The molecule has 0 aromatic heterocycles. The van der Waals surface area contributed by atoms with Crippen molar-refractivity contribution in [3.63, 3.8) is 0 Å². The van der Waals surface area contributed by atoms with Crippen molar-refractivity contribution in [1.29, 1.82) is 0 Å². The Morgan fingerprint density at radius 3 is 1.64 bits per heavy atom. The molecular weight excluding hydrogens is 272 g/mol.